The number of rotatable bonds is 1. The largest absolute Gasteiger partial charge is 0.0871 e. The van der Waals surface area contributed by atoms with Crippen LogP contribution in [0, 0.1) is 17.8 Å². The van der Waals surface area contributed by atoms with E-state index in [9.17, 15) is 0 Å². The fourth-order valence-electron chi connectivity index (χ4n) is 1.21. The third kappa shape index (κ3) is 2.23. The van der Waals surface area contributed by atoms with E-state index in [1.54, 1.807) is 0 Å². The topological polar surface area (TPSA) is 0 Å². The van der Waals surface area contributed by atoms with Gasteiger partial charge < -0.3 is 0 Å². The van der Waals surface area contributed by atoms with E-state index in [0.717, 1.165) is 11.1 Å². The molecular weight excluding hydrogens is 156 g/mol. The van der Waals surface area contributed by atoms with E-state index < -0.39 is 0 Å². The predicted molar refractivity (Wildman–Crippen MR) is 55.2 cm³/mol. The third-order valence-electron chi connectivity index (χ3n) is 2.21. The summed E-state index contributed by atoms with van der Waals surface area (Å²) in [5, 5.41) is 0. The minimum absolute atomic E-state index is 0.691. The summed E-state index contributed by atoms with van der Waals surface area (Å²) in [6, 6.07) is 10.1. The van der Waals surface area contributed by atoms with E-state index in [-0.39, 0.29) is 0 Å². The van der Waals surface area contributed by atoms with Crippen molar-refractivity contribution in [1.29, 1.82) is 0 Å². The summed E-state index contributed by atoms with van der Waals surface area (Å²) in [5.74, 6) is 6.92. The van der Waals surface area contributed by atoms with Crippen molar-refractivity contribution in [2.45, 2.75) is 12.8 Å². The average Bonchev–Trinajstić information content (AvgIpc) is 2.99. The first kappa shape index (κ1) is 8.13. The Kier molecular flexibility index (Phi) is 2.19. The second-order valence-corrected chi connectivity index (χ2v) is 3.42. The van der Waals surface area contributed by atoms with Crippen LogP contribution in [0.2, 0.25) is 0 Å². The number of benzene rings is 1. The monoisotopic (exact) mass is 168 g/mol. The van der Waals surface area contributed by atoms with Crippen LogP contribution in [0.4, 0.5) is 0 Å². The van der Waals surface area contributed by atoms with Crippen molar-refractivity contribution in [3.8, 4) is 11.8 Å². The lowest BCUT2D eigenvalue weighted by molar-refractivity contribution is 1.07. The van der Waals surface area contributed by atoms with Gasteiger partial charge in [-0.25, -0.2) is 0 Å². The molecule has 0 aliphatic heterocycles. The van der Waals surface area contributed by atoms with Gasteiger partial charge in [0.2, 0.25) is 0 Å². The molecule has 0 radical (unpaired) electrons. The predicted octanol–water partition coefficient (Wildman–Crippen LogP) is 3.00. The summed E-state index contributed by atoms with van der Waals surface area (Å²) in [5.41, 5.74) is 2.17. The van der Waals surface area contributed by atoms with Crippen LogP contribution in [-0.2, 0) is 0 Å². The number of hydrogen-bond donors (Lipinski definition) is 0. The van der Waals surface area contributed by atoms with Crippen LogP contribution in [0.1, 0.15) is 18.4 Å². The van der Waals surface area contributed by atoms with Crippen molar-refractivity contribution < 1.29 is 0 Å². The van der Waals surface area contributed by atoms with Gasteiger partial charge in [0.05, 0.1) is 0 Å². The van der Waals surface area contributed by atoms with Gasteiger partial charge in [-0.2, -0.15) is 0 Å². The van der Waals surface area contributed by atoms with E-state index in [1.165, 1.54) is 12.8 Å². The van der Waals surface area contributed by atoms with Crippen LogP contribution in [0.25, 0.3) is 0 Å². The van der Waals surface area contributed by atoms with Gasteiger partial charge >= 0.3 is 0 Å². The van der Waals surface area contributed by atoms with Gasteiger partial charge in [0.1, 0.15) is 0 Å². The molecule has 1 aromatic rings. The molecule has 1 aromatic carbocycles. The Hall–Kier alpha value is -1.48. The van der Waals surface area contributed by atoms with Gasteiger partial charge in [0.15, 0.2) is 0 Å². The van der Waals surface area contributed by atoms with Gasteiger partial charge in [-0.15, -0.1) is 0 Å². The Morgan fingerprint density at radius 1 is 1.23 bits per heavy atom. The Morgan fingerprint density at radius 3 is 2.54 bits per heavy atom. The molecule has 0 heteroatoms. The average molecular weight is 168 g/mol. The van der Waals surface area contributed by atoms with Gasteiger partial charge in [-0.1, -0.05) is 36.6 Å². The van der Waals surface area contributed by atoms with Gasteiger partial charge in [0, 0.05) is 5.56 Å². The molecule has 13 heavy (non-hydrogen) atoms. The zero-order chi connectivity index (χ0) is 9.10. The summed E-state index contributed by atoms with van der Waals surface area (Å²) in [6.45, 7) is 3.96. The SMILES string of the molecule is C=C(C#Cc1ccccc1)C1CC1. The number of hydrogen-bond acceptors (Lipinski definition) is 0. The molecule has 0 bridgehead atoms. The first-order chi connectivity index (χ1) is 6.36. The molecule has 0 unspecified atom stereocenters. The van der Waals surface area contributed by atoms with Gasteiger partial charge in [-0.05, 0) is 36.5 Å². The van der Waals surface area contributed by atoms with Crippen LogP contribution in [0.5, 0.6) is 0 Å². The molecule has 0 atom stereocenters. The summed E-state index contributed by atoms with van der Waals surface area (Å²) in [6.07, 6.45) is 2.56. The van der Waals surface area contributed by atoms with Crippen LogP contribution >= 0.6 is 0 Å². The lowest BCUT2D eigenvalue weighted by Gasteiger charge is -1.89. The molecule has 0 N–H and O–H groups in total. The molecule has 64 valence electrons. The maximum absolute atomic E-state index is 3.96. The minimum atomic E-state index is 0.691. The standard InChI is InChI=1S/C13H12/c1-11(13-9-10-13)7-8-12-5-3-2-4-6-12/h2-6,13H,1,9-10H2. The molecule has 2 rings (SSSR count). The molecule has 0 heterocycles. The van der Waals surface area contributed by atoms with Crippen molar-refractivity contribution in [3.63, 3.8) is 0 Å². The van der Waals surface area contributed by atoms with Crippen LogP contribution in [0.3, 0.4) is 0 Å². The van der Waals surface area contributed by atoms with E-state index in [2.05, 4.69) is 18.4 Å². The third-order valence-corrected chi connectivity index (χ3v) is 2.21. The first-order valence-corrected chi connectivity index (χ1v) is 4.62. The van der Waals surface area contributed by atoms with Crippen molar-refractivity contribution >= 4 is 0 Å². The maximum atomic E-state index is 3.96. The van der Waals surface area contributed by atoms with Crippen LogP contribution < -0.4 is 0 Å². The summed E-state index contributed by atoms with van der Waals surface area (Å²) < 4.78 is 0. The Balaban J connectivity index is 2.07. The molecule has 1 fully saturated rings. The van der Waals surface area contributed by atoms with Crippen molar-refractivity contribution in [2.24, 2.45) is 5.92 Å². The highest BCUT2D eigenvalue weighted by atomic mass is 14.3. The molecule has 1 aliphatic carbocycles. The Labute approximate surface area is 79.3 Å². The van der Waals surface area contributed by atoms with E-state index in [4.69, 9.17) is 0 Å². The zero-order valence-corrected chi connectivity index (χ0v) is 7.59. The van der Waals surface area contributed by atoms with Crippen molar-refractivity contribution in [3.05, 3.63) is 48.0 Å². The van der Waals surface area contributed by atoms with E-state index in [0.29, 0.717) is 5.92 Å². The Morgan fingerprint density at radius 2 is 1.92 bits per heavy atom. The van der Waals surface area contributed by atoms with Crippen LogP contribution in [0.15, 0.2) is 42.5 Å². The van der Waals surface area contributed by atoms with Crippen molar-refractivity contribution in [1.82, 2.24) is 0 Å². The fraction of sp³-hybridized carbons (Fsp3) is 0.231. The highest BCUT2D eigenvalue weighted by molar-refractivity contribution is 5.41. The first-order valence-electron chi connectivity index (χ1n) is 4.62. The second-order valence-electron chi connectivity index (χ2n) is 3.42. The molecule has 0 nitrogen and oxygen atoms in total. The highest BCUT2D eigenvalue weighted by Gasteiger charge is 2.23. The fourth-order valence-corrected chi connectivity index (χ4v) is 1.21. The molecular formula is C13H12. The quantitative estimate of drug-likeness (QED) is 0.565. The molecule has 1 aliphatic rings. The summed E-state index contributed by atoms with van der Waals surface area (Å²) in [4.78, 5) is 0. The second kappa shape index (κ2) is 3.49. The lowest BCUT2D eigenvalue weighted by atomic mass is 10.1. The normalized spacial score (nSPS) is 14.5. The minimum Gasteiger partial charge on any atom is -0.0871 e. The van der Waals surface area contributed by atoms with Crippen molar-refractivity contribution in [2.75, 3.05) is 0 Å². The number of allylic oxidation sites excluding steroid dienone is 1. The van der Waals surface area contributed by atoms with E-state index >= 15 is 0 Å². The summed E-state index contributed by atoms with van der Waals surface area (Å²) in [7, 11) is 0. The highest BCUT2D eigenvalue weighted by Crippen LogP contribution is 2.34. The molecule has 0 spiro atoms. The molecule has 0 amide bonds. The zero-order valence-electron chi connectivity index (χ0n) is 7.59. The smallest absolute Gasteiger partial charge is 0.0248 e. The van der Waals surface area contributed by atoms with Gasteiger partial charge in [-0.3, -0.25) is 0 Å². The molecule has 1 saturated carbocycles. The lowest BCUT2D eigenvalue weighted by Crippen LogP contribution is -1.77. The Bertz CT molecular complexity index is 358. The summed E-state index contributed by atoms with van der Waals surface area (Å²) >= 11 is 0. The van der Waals surface area contributed by atoms with Gasteiger partial charge in [0.25, 0.3) is 0 Å². The maximum Gasteiger partial charge on any atom is 0.0248 e. The van der Waals surface area contributed by atoms with E-state index in [1.807, 2.05) is 30.3 Å². The molecule has 0 aromatic heterocycles. The van der Waals surface area contributed by atoms with Crippen LogP contribution in [-0.4, -0.2) is 0 Å². The molecule has 0 saturated heterocycles.